The van der Waals surface area contributed by atoms with Gasteiger partial charge in [-0.05, 0) is 73.7 Å². The molecular weight excluding hydrogens is 298 g/mol. The summed E-state index contributed by atoms with van der Waals surface area (Å²) in [6, 6.07) is 6.52. The van der Waals surface area contributed by atoms with Crippen LogP contribution >= 0.6 is 0 Å². The molecule has 3 fully saturated rings. The van der Waals surface area contributed by atoms with Gasteiger partial charge in [0.1, 0.15) is 11.5 Å². The molecule has 1 saturated heterocycles. The molecule has 3 aliphatic carbocycles. The summed E-state index contributed by atoms with van der Waals surface area (Å²) in [6.07, 6.45) is 8.86. The van der Waals surface area contributed by atoms with E-state index in [0.717, 1.165) is 38.0 Å². The van der Waals surface area contributed by atoms with Gasteiger partial charge >= 0.3 is 0 Å². The molecular formula is C21H27NO2. The van der Waals surface area contributed by atoms with Crippen molar-refractivity contribution in [2.45, 2.75) is 62.8 Å². The Morgan fingerprint density at radius 2 is 2.08 bits per heavy atom. The van der Waals surface area contributed by atoms with Crippen molar-refractivity contribution in [2.24, 2.45) is 11.8 Å². The number of aromatic hydroxyl groups is 1. The number of Topliss-reactive ketones (excluding diaryl/α,β-unsaturated/α-hetero) is 1. The molecule has 24 heavy (non-hydrogen) atoms. The zero-order valence-corrected chi connectivity index (χ0v) is 14.3. The number of carbonyl (C=O) groups is 1. The maximum atomic E-state index is 12.3. The summed E-state index contributed by atoms with van der Waals surface area (Å²) in [4.78, 5) is 15.0. The first-order valence-corrected chi connectivity index (χ1v) is 9.74. The van der Waals surface area contributed by atoms with Crippen LogP contribution < -0.4 is 0 Å². The minimum absolute atomic E-state index is 0.140. The molecule has 4 aliphatic rings. The number of likely N-dealkylation sites (tertiary alicyclic amines) is 1. The largest absolute Gasteiger partial charge is 0.508 e. The fourth-order valence-corrected chi connectivity index (χ4v) is 6.07. The summed E-state index contributed by atoms with van der Waals surface area (Å²) in [6.45, 7) is 2.40. The van der Waals surface area contributed by atoms with Crippen LogP contribution in [-0.4, -0.2) is 34.9 Å². The second kappa shape index (κ2) is 5.32. The summed E-state index contributed by atoms with van der Waals surface area (Å²) in [5.74, 6) is 2.18. The second-order valence-electron chi connectivity index (χ2n) is 8.66. The lowest BCUT2D eigenvalue weighted by atomic mass is 9.52. The van der Waals surface area contributed by atoms with E-state index < -0.39 is 0 Å². The van der Waals surface area contributed by atoms with E-state index in [-0.39, 0.29) is 5.41 Å². The number of phenolic OH excluding ortho intramolecular Hbond substituents is 1. The van der Waals surface area contributed by atoms with Crippen molar-refractivity contribution in [3.8, 4) is 5.75 Å². The van der Waals surface area contributed by atoms with Crippen LogP contribution in [0.3, 0.4) is 0 Å². The number of phenols is 1. The molecule has 5 rings (SSSR count). The predicted octanol–water partition coefficient (Wildman–Crippen LogP) is 3.43. The number of hydrogen-bond donors (Lipinski definition) is 1. The first-order chi connectivity index (χ1) is 11.7. The average Bonchev–Trinajstić information content (AvgIpc) is 2.53. The van der Waals surface area contributed by atoms with Gasteiger partial charge in [-0.1, -0.05) is 12.5 Å². The highest BCUT2D eigenvalue weighted by Crippen LogP contribution is 2.55. The number of hydrogen-bond acceptors (Lipinski definition) is 3. The van der Waals surface area contributed by atoms with Crippen LogP contribution in [0.4, 0.5) is 0 Å². The molecule has 1 aromatic rings. The molecule has 0 radical (unpaired) electrons. The molecule has 1 heterocycles. The molecule has 0 spiro atoms. The van der Waals surface area contributed by atoms with Gasteiger partial charge in [-0.3, -0.25) is 9.69 Å². The molecule has 0 unspecified atom stereocenters. The maximum Gasteiger partial charge on any atom is 0.133 e. The molecule has 3 atom stereocenters. The number of rotatable bonds is 2. The smallest absolute Gasteiger partial charge is 0.133 e. The third-order valence-corrected chi connectivity index (χ3v) is 7.56. The van der Waals surface area contributed by atoms with Crippen LogP contribution in [0.1, 0.15) is 56.1 Å². The van der Waals surface area contributed by atoms with Crippen LogP contribution in [0, 0.1) is 11.8 Å². The van der Waals surface area contributed by atoms with Gasteiger partial charge in [-0.2, -0.15) is 0 Å². The van der Waals surface area contributed by atoms with Crippen molar-refractivity contribution in [3.05, 3.63) is 29.3 Å². The summed E-state index contributed by atoms with van der Waals surface area (Å²) in [5.41, 5.74) is 2.92. The molecule has 3 nitrogen and oxygen atoms in total. The van der Waals surface area contributed by atoms with Crippen LogP contribution in [0.5, 0.6) is 5.75 Å². The molecule has 0 aromatic heterocycles. The highest BCUT2D eigenvalue weighted by Gasteiger charge is 2.55. The topological polar surface area (TPSA) is 40.5 Å². The van der Waals surface area contributed by atoms with E-state index in [1.807, 2.05) is 12.1 Å². The monoisotopic (exact) mass is 325 g/mol. The van der Waals surface area contributed by atoms with Crippen molar-refractivity contribution >= 4 is 5.78 Å². The first-order valence-electron chi connectivity index (χ1n) is 9.74. The Balaban J connectivity index is 1.55. The lowest BCUT2D eigenvalue weighted by molar-refractivity contribution is -0.127. The Kier molecular flexibility index (Phi) is 3.31. The minimum atomic E-state index is 0.140. The van der Waals surface area contributed by atoms with E-state index in [4.69, 9.17) is 0 Å². The van der Waals surface area contributed by atoms with Gasteiger partial charge in [0.2, 0.25) is 0 Å². The van der Waals surface area contributed by atoms with Gasteiger partial charge in [0.25, 0.3) is 0 Å². The summed E-state index contributed by atoms with van der Waals surface area (Å²) < 4.78 is 0. The van der Waals surface area contributed by atoms with E-state index >= 15 is 0 Å². The predicted molar refractivity (Wildman–Crippen MR) is 93.2 cm³/mol. The van der Waals surface area contributed by atoms with Crippen LogP contribution in [0.25, 0.3) is 0 Å². The zero-order valence-electron chi connectivity index (χ0n) is 14.3. The Morgan fingerprint density at radius 3 is 2.88 bits per heavy atom. The van der Waals surface area contributed by atoms with E-state index in [9.17, 15) is 9.90 Å². The van der Waals surface area contributed by atoms with Gasteiger partial charge in [-0.25, -0.2) is 0 Å². The first kappa shape index (κ1) is 14.9. The van der Waals surface area contributed by atoms with Crippen LogP contribution in [0.2, 0.25) is 0 Å². The second-order valence-corrected chi connectivity index (χ2v) is 8.66. The quantitative estimate of drug-likeness (QED) is 0.905. The van der Waals surface area contributed by atoms with Crippen molar-refractivity contribution < 1.29 is 9.90 Å². The molecule has 1 aromatic carbocycles. The SMILES string of the molecule is O=C1CC[C@]23CCN(CC4CCC4)[C@H](Cc4ccc(O)cc42)[C@@H]3C1. The van der Waals surface area contributed by atoms with Gasteiger partial charge in [0.15, 0.2) is 0 Å². The number of carbonyl (C=O) groups excluding carboxylic acids is 1. The number of fused-ring (bicyclic) bond motifs is 1. The fraction of sp³-hybridized carbons (Fsp3) is 0.667. The Bertz CT molecular complexity index is 680. The highest BCUT2D eigenvalue weighted by atomic mass is 16.3. The van der Waals surface area contributed by atoms with E-state index in [1.165, 1.54) is 43.5 Å². The third-order valence-electron chi connectivity index (χ3n) is 7.56. The number of nitrogens with zero attached hydrogens (tertiary/aromatic N) is 1. The van der Waals surface area contributed by atoms with E-state index in [0.29, 0.717) is 23.5 Å². The number of piperidine rings is 1. The van der Waals surface area contributed by atoms with Crippen LogP contribution in [0.15, 0.2) is 18.2 Å². The van der Waals surface area contributed by atoms with Crippen molar-refractivity contribution in [1.29, 1.82) is 0 Å². The number of ketones is 1. The summed E-state index contributed by atoms with van der Waals surface area (Å²) in [5, 5.41) is 10.1. The maximum absolute atomic E-state index is 12.3. The Hall–Kier alpha value is -1.35. The van der Waals surface area contributed by atoms with E-state index in [1.54, 1.807) is 0 Å². The zero-order chi connectivity index (χ0) is 16.3. The van der Waals surface area contributed by atoms with E-state index in [2.05, 4.69) is 11.0 Å². The van der Waals surface area contributed by atoms with Crippen molar-refractivity contribution in [2.75, 3.05) is 13.1 Å². The molecule has 1 N–H and O–H groups in total. The van der Waals surface area contributed by atoms with Gasteiger partial charge < -0.3 is 5.11 Å². The Morgan fingerprint density at radius 1 is 1.21 bits per heavy atom. The number of benzene rings is 1. The van der Waals surface area contributed by atoms with Gasteiger partial charge in [-0.15, -0.1) is 0 Å². The average molecular weight is 325 g/mol. The lowest BCUT2D eigenvalue weighted by Crippen LogP contribution is -2.62. The summed E-state index contributed by atoms with van der Waals surface area (Å²) in [7, 11) is 0. The van der Waals surface area contributed by atoms with Gasteiger partial charge in [0, 0.05) is 30.8 Å². The molecule has 1 aliphatic heterocycles. The molecule has 2 bridgehead atoms. The molecule has 3 heteroatoms. The standard InChI is InChI=1S/C21H27NO2/c23-16-5-4-15-10-20-19-12-17(24)6-7-21(19,18(15)11-16)8-9-22(20)13-14-2-1-3-14/h4-5,11,14,19-20,23H,1-3,6-10,12-13H2/t19-,20+,21-/m0/s1. The molecule has 0 amide bonds. The van der Waals surface area contributed by atoms with Crippen molar-refractivity contribution in [3.63, 3.8) is 0 Å². The van der Waals surface area contributed by atoms with Crippen molar-refractivity contribution in [1.82, 2.24) is 4.90 Å². The normalized spacial score (nSPS) is 35.9. The minimum Gasteiger partial charge on any atom is -0.508 e. The lowest BCUT2D eigenvalue weighted by Gasteiger charge is -2.59. The Labute approximate surface area is 144 Å². The summed E-state index contributed by atoms with van der Waals surface area (Å²) >= 11 is 0. The van der Waals surface area contributed by atoms with Crippen LogP contribution in [-0.2, 0) is 16.6 Å². The molecule has 2 saturated carbocycles. The third kappa shape index (κ3) is 2.10. The van der Waals surface area contributed by atoms with Gasteiger partial charge in [0.05, 0.1) is 0 Å². The fourth-order valence-electron chi connectivity index (χ4n) is 6.07. The molecule has 128 valence electrons. The highest BCUT2D eigenvalue weighted by molar-refractivity contribution is 5.80.